The van der Waals surface area contributed by atoms with E-state index < -0.39 is 0 Å². The maximum Gasteiger partial charge on any atom is 0.0562 e. The molecule has 3 nitrogen and oxygen atoms in total. The second kappa shape index (κ2) is 8.55. The largest absolute Gasteiger partial charge is 0.309 e. The lowest BCUT2D eigenvalue weighted by atomic mass is 10.1. The number of allylic oxidation sites excluding steroid dienone is 1. The standard InChI is InChI=1S/C37H25N3/c1-3-9-33-24(2)32-21-27-22-36-31-14-5-4-12-29(31)30-13-6-7-15-34(30)40(36)35(27)23-37(32)39(33)28-11-8-10-26(20-28)25-16-18-38-19-17-25/h3-23H,1-2H2/b33-9+. The Bertz CT molecular complexity index is 2410. The summed E-state index contributed by atoms with van der Waals surface area (Å²) in [5, 5.41) is 8.15. The van der Waals surface area contributed by atoms with Gasteiger partial charge in [-0.3, -0.25) is 4.98 Å². The lowest BCUT2D eigenvalue weighted by Crippen LogP contribution is -2.26. The molecule has 188 valence electrons. The van der Waals surface area contributed by atoms with E-state index in [0.717, 1.165) is 38.3 Å². The molecule has 40 heavy (non-hydrogen) atoms. The van der Waals surface area contributed by atoms with Crippen molar-refractivity contribution in [2.75, 3.05) is 0 Å². The topological polar surface area (TPSA) is 22.2 Å². The van der Waals surface area contributed by atoms with Gasteiger partial charge in [0.1, 0.15) is 0 Å². The molecule has 4 aromatic carbocycles. The van der Waals surface area contributed by atoms with Crippen LogP contribution in [-0.2, 0) is 0 Å². The van der Waals surface area contributed by atoms with Gasteiger partial charge in [0.2, 0.25) is 0 Å². The van der Waals surface area contributed by atoms with Crippen LogP contribution in [0.2, 0.25) is 0 Å². The summed E-state index contributed by atoms with van der Waals surface area (Å²) in [5.41, 5.74) is 8.08. The van der Waals surface area contributed by atoms with Crippen molar-refractivity contribution in [3.63, 3.8) is 0 Å². The lowest BCUT2D eigenvalue weighted by molar-refractivity contribution is 1.07. The quantitative estimate of drug-likeness (QED) is 0.222. The Morgan fingerprint density at radius 2 is 1.35 bits per heavy atom. The molecule has 0 bridgehead atoms. The van der Waals surface area contributed by atoms with E-state index in [9.17, 15) is 0 Å². The first-order valence-electron chi connectivity index (χ1n) is 13.4. The van der Waals surface area contributed by atoms with Crippen LogP contribution in [0.15, 0.2) is 128 Å². The van der Waals surface area contributed by atoms with Gasteiger partial charge in [0.05, 0.1) is 27.4 Å². The highest BCUT2D eigenvalue weighted by Gasteiger charge is 2.16. The van der Waals surface area contributed by atoms with Crippen LogP contribution in [0.1, 0.15) is 0 Å². The monoisotopic (exact) mass is 511 g/mol. The fourth-order valence-electron chi connectivity index (χ4n) is 6.30. The Morgan fingerprint density at radius 3 is 2.15 bits per heavy atom. The fraction of sp³-hybridized carbons (Fsp3) is 0. The first kappa shape index (κ1) is 22.6. The second-order valence-corrected chi connectivity index (χ2v) is 10.2. The van der Waals surface area contributed by atoms with Gasteiger partial charge in [-0.1, -0.05) is 73.8 Å². The van der Waals surface area contributed by atoms with E-state index in [-0.39, 0.29) is 0 Å². The van der Waals surface area contributed by atoms with Gasteiger partial charge in [0.25, 0.3) is 0 Å². The van der Waals surface area contributed by atoms with Crippen LogP contribution in [0, 0.1) is 0 Å². The van der Waals surface area contributed by atoms with Crippen molar-refractivity contribution < 1.29 is 0 Å². The normalized spacial score (nSPS) is 12.3. The van der Waals surface area contributed by atoms with Crippen LogP contribution in [0.3, 0.4) is 0 Å². The molecule has 4 heterocycles. The molecule has 0 amide bonds. The van der Waals surface area contributed by atoms with Gasteiger partial charge in [0.15, 0.2) is 0 Å². The Balaban J connectivity index is 1.52. The highest BCUT2D eigenvalue weighted by atomic mass is 15.0. The van der Waals surface area contributed by atoms with Gasteiger partial charge < -0.3 is 8.97 Å². The molecule has 0 aliphatic carbocycles. The third-order valence-electron chi connectivity index (χ3n) is 8.07. The predicted octanol–water partition coefficient (Wildman–Crippen LogP) is 7.78. The molecule has 0 aliphatic heterocycles. The van der Waals surface area contributed by atoms with Gasteiger partial charge >= 0.3 is 0 Å². The van der Waals surface area contributed by atoms with Crippen molar-refractivity contribution in [3.8, 4) is 16.8 Å². The molecule has 4 aromatic heterocycles. The lowest BCUT2D eigenvalue weighted by Gasteiger charge is -2.11. The number of para-hydroxylation sites is 1. The maximum absolute atomic E-state index is 4.54. The molecule has 8 rings (SSSR count). The summed E-state index contributed by atoms with van der Waals surface area (Å²) in [6.07, 6.45) is 7.57. The summed E-state index contributed by atoms with van der Waals surface area (Å²) in [4.78, 5) is 4.19. The van der Waals surface area contributed by atoms with Crippen molar-refractivity contribution >= 4 is 61.7 Å². The number of fused-ring (bicyclic) bond motifs is 9. The first-order valence-corrected chi connectivity index (χ1v) is 13.4. The molecule has 3 heteroatoms. The third kappa shape index (κ3) is 3.15. The van der Waals surface area contributed by atoms with Crippen molar-refractivity contribution in [2.45, 2.75) is 0 Å². The molecule has 8 aromatic rings. The van der Waals surface area contributed by atoms with Crippen LogP contribution in [-0.4, -0.2) is 14.0 Å². The highest BCUT2D eigenvalue weighted by molar-refractivity contribution is 6.16. The summed E-state index contributed by atoms with van der Waals surface area (Å²) in [6.45, 7) is 8.55. The number of hydrogen-bond acceptors (Lipinski definition) is 1. The zero-order valence-electron chi connectivity index (χ0n) is 21.9. The Labute approximate surface area is 230 Å². The zero-order valence-corrected chi connectivity index (χ0v) is 21.9. The number of aromatic nitrogens is 3. The number of hydrogen-bond donors (Lipinski definition) is 0. The van der Waals surface area contributed by atoms with Crippen molar-refractivity contribution in [3.05, 3.63) is 139 Å². The third-order valence-corrected chi connectivity index (χ3v) is 8.07. The summed E-state index contributed by atoms with van der Waals surface area (Å²) in [7, 11) is 0. The van der Waals surface area contributed by atoms with Crippen LogP contribution in [0.4, 0.5) is 0 Å². The van der Waals surface area contributed by atoms with E-state index in [2.05, 4.69) is 124 Å². The smallest absolute Gasteiger partial charge is 0.0562 e. The summed E-state index contributed by atoms with van der Waals surface area (Å²) >= 11 is 0. The zero-order chi connectivity index (χ0) is 26.8. The van der Waals surface area contributed by atoms with E-state index in [1.54, 1.807) is 0 Å². The minimum atomic E-state index is 0.996. The molecule has 0 N–H and O–H groups in total. The molecule has 0 radical (unpaired) electrons. The van der Waals surface area contributed by atoms with Crippen LogP contribution >= 0.6 is 0 Å². The summed E-state index contributed by atoms with van der Waals surface area (Å²) in [5.74, 6) is 0. The van der Waals surface area contributed by atoms with Crippen molar-refractivity contribution in [1.29, 1.82) is 0 Å². The Hall–Kier alpha value is -5.41. The van der Waals surface area contributed by atoms with Gasteiger partial charge in [-0.25, -0.2) is 0 Å². The average Bonchev–Trinajstić information content (AvgIpc) is 3.52. The van der Waals surface area contributed by atoms with Gasteiger partial charge in [0, 0.05) is 44.8 Å². The molecule has 0 unspecified atom stereocenters. The first-order chi connectivity index (χ1) is 19.7. The second-order valence-electron chi connectivity index (χ2n) is 10.2. The molecule has 0 spiro atoms. The fourth-order valence-corrected chi connectivity index (χ4v) is 6.30. The van der Waals surface area contributed by atoms with E-state index >= 15 is 0 Å². The minimum absolute atomic E-state index is 0.996. The van der Waals surface area contributed by atoms with E-state index in [1.165, 1.54) is 38.1 Å². The predicted molar refractivity (Wildman–Crippen MR) is 169 cm³/mol. The molecule has 0 atom stereocenters. The van der Waals surface area contributed by atoms with E-state index in [1.807, 2.05) is 30.6 Å². The molecule has 0 saturated carbocycles. The summed E-state index contributed by atoms with van der Waals surface area (Å²) in [6, 6.07) is 37.1. The van der Waals surface area contributed by atoms with Gasteiger partial charge in [-0.2, -0.15) is 0 Å². The molecular formula is C37H25N3. The van der Waals surface area contributed by atoms with E-state index in [0.29, 0.717) is 0 Å². The highest BCUT2D eigenvalue weighted by Crippen LogP contribution is 2.35. The molecule has 0 aliphatic rings. The van der Waals surface area contributed by atoms with E-state index in [4.69, 9.17) is 0 Å². The minimum Gasteiger partial charge on any atom is -0.309 e. The van der Waals surface area contributed by atoms with Crippen LogP contribution < -0.4 is 10.6 Å². The number of pyridine rings is 2. The Morgan fingerprint density at radius 1 is 0.600 bits per heavy atom. The van der Waals surface area contributed by atoms with Crippen LogP contribution in [0.5, 0.6) is 0 Å². The van der Waals surface area contributed by atoms with Gasteiger partial charge in [-0.15, -0.1) is 0 Å². The average molecular weight is 512 g/mol. The number of benzene rings is 4. The molecule has 0 fully saturated rings. The molecule has 0 saturated heterocycles. The number of nitrogens with zero attached hydrogens (tertiary/aromatic N) is 3. The number of rotatable bonds is 3. The van der Waals surface area contributed by atoms with Gasteiger partial charge in [-0.05, 0) is 71.1 Å². The van der Waals surface area contributed by atoms with Crippen molar-refractivity contribution in [2.24, 2.45) is 0 Å². The SMILES string of the molecule is C=C/C=c1\c(=C)c2cc3cc4c5ccccc5c5ccccc5n4c3cc2n1-c1cccc(-c2ccncc2)c1. The molecular weight excluding hydrogens is 486 g/mol. The van der Waals surface area contributed by atoms with Crippen molar-refractivity contribution in [1.82, 2.24) is 14.0 Å². The van der Waals surface area contributed by atoms with Crippen LogP contribution in [0.25, 0.3) is 78.5 Å². The Kier molecular flexibility index (Phi) is 4.82. The summed E-state index contributed by atoms with van der Waals surface area (Å²) < 4.78 is 4.73. The maximum atomic E-state index is 4.54.